The predicted molar refractivity (Wildman–Crippen MR) is 94.5 cm³/mol. The normalized spacial score (nSPS) is 16.3. The lowest BCUT2D eigenvalue weighted by molar-refractivity contribution is -0.130. The zero-order valence-corrected chi connectivity index (χ0v) is 13.9. The molecule has 2 aromatic carbocycles. The van der Waals surface area contributed by atoms with Gasteiger partial charge >= 0.3 is 0 Å². The molecule has 3 rings (SSSR count). The number of amides is 1. The minimum Gasteiger partial charge on any atom is -0.359 e. The van der Waals surface area contributed by atoms with Crippen LogP contribution in [0.25, 0.3) is 0 Å². The third-order valence-corrected chi connectivity index (χ3v) is 4.60. The molecule has 1 aliphatic rings. The molecule has 0 N–H and O–H groups in total. The Morgan fingerprint density at radius 3 is 2.57 bits per heavy atom. The van der Waals surface area contributed by atoms with Crippen LogP contribution in [0.3, 0.4) is 0 Å². The maximum absolute atomic E-state index is 12.8. The summed E-state index contributed by atoms with van der Waals surface area (Å²) in [5.41, 5.74) is 3.74. The van der Waals surface area contributed by atoms with Gasteiger partial charge < -0.3 is 9.80 Å². The van der Waals surface area contributed by atoms with E-state index in [4.69, 9.17) is 0 Å². The fourth-order valence-electron chi connectivity index (χ4n) is 3.30. The first-order chi connectivity index (χ1) is 11.2. The lowest BCUT2D eigenvalue weighted by Crippen LogP contribution is -2.42. The van der Waals surface area contributed by atoms with Crippen molar-refractivity contribution in [1.29, 1.82) is 0 Å². The smallest absolute Gasteiger partial charge is 0.242 e. The second-order valence-electron chi connectivity index (χ2n) is 6.20. The van der Waals surface area contributed by atoms with Crippen LogP contribution >= 0.6 is 0 Å². The summed E-state index contributed by atoms with van der Waals surface area (Å²) in [6.45, 7) is 6.11. The standard InChI is InChI=1S/C20H24N2O/c1-3-21(14-17-9-5-4-6-10-17)20(23)15-22-16(2)13-18-11-7-8-12-19(18)22/h4-12,16H,3,13-15H2,1-2H3. The Labute approximate surface area is 138 Å². The van der Waals surface area contributed by atoms with Gasteiger partial charge in [0.15, 0.2) is 0 Å². The first-order valence-corrected chi connectivity index (χ1v) is 8.35. The molecule has 1 amide bonds. The molecule has 1 atom stereocenters. The molecule has 0 saturated heterocycles. The number of para-hydroxylation sites is 1. The third-order valence-electron chi connectivity index (χ3n) is 4.60. The number of likely N-dealkylation sites (N-methyl/N-ethyl adjacent to an activating group) is 1. The third kappa shape index (κ3) is 3.39. The quantitative estimate of drug-likeness (QED) is 0.844. The van der Waals surface area contributed by atoms with Crippen molar-refractivity contribution in [2.45, 2.75) is 32.9 Å². The molecule has 1 aliphatic heterocycles. The van der Waals surface area contributed by atoms with E-state index in [-0.39, 0.29) is 5.91 Å². The van der Waals surface area contributed by atoms with E-state index in [2.05, 4.69) is 48.2 Å². The van der Waals surface area contributed by atoms with E-state index in [1.807, 2.05) is 30.0 Å². The van der Waals surface area contributed by atoms with Crippen molar-refractivity contribution < 1.29 is 4.79 Å². The van der Waals surface area contributed by atoms with Crippen molar-refractivity contribution in [3.05, 3.63) is 65.7 Å². The van der Waals surface area contributed by atoms with E-state index in [0.29, 0.717) is 19.1 Å². The molecule has 0 aliphatic carbocycles. The fraction of sp³-hybridized carbons (Fsp3) is 0.350. The Hall–Kier alpha value is -2.29. The summed E-state index contributed by atoms with van der Waals surface area (Å²) in [7, 11) is 0. The number of rotatable bonds is 5. The minimum absolute atomic E-state index is 0.194. The van der Waals surface area contributed by atoms with E-state index in [1.54, 1.807) is 0 Å². The van der Waals surface area contributed by atoms with Gasteiger partial charge in [-0.1, -0.05) is 48.5 Å². The highest BCUT2D eigenvalue weighted by Gasteiger charge is 2.28. The summed E-state index contributed by atoms with van der Waals surface area (Å²) in [6, 6.07) is 19.0. The fourth-order valence-corrected chi connectivity index (χ4v) is 3.30. The molecule has 3 heteroatoms. The number of carbonyl (C=O) groups excluding carboxylic acids is 1. The highest BCUT2D eigenvalue weighted by Crippen LogP contribution is 2.31. The Bertz CT molecular complexity index is 668. The van der Waals surface area contributed by atoms with Gasteiger partial charge in [0, 0.05) is 24.8 Å². The van der Waals surface area contributed by atoms with E-state index in [0.717, 1.165) is 13.0 Å². The van der Waals surface area contributed by atoms with Crippen molar-refractivity contribution in [1.82, 2.24) is 4.90 Å². The molecular weight excluding hydrogens is 284 g/mol. The first-order valence-electron chi connectivity index (χ1n) is 8.35. The Morgan fingerprint density at radius 2 is 1.83 bits per heavy atom. The first kappa shape index (κ1) is 15.6. The van der Waals surface area contributed by atoms with E-state index < -0.39 is 0 Å². The Morgan fingerprint density at radius 1 is 1.13 bits per heavy atom. The summed E-state index contributed by atoms with van der Waals surface area (Å²) >= 11 is 0. The molecule has 23 heavy (non-hydrogen) atoms. The van der Waals surface area contributed by atoms with Crippen molar-refractivity contribution in [3.8, 4) is 0 Å². The van der Waals surface area contributed by atoms with Crippen molar-refractivity contribution in [2.24, 2.45) is 0 Å². The summed E-state index contributed by atoms with van der Waals surface area (Å²) in [5, 5.41) is 0. The van der Waals surface area contributed by atoms with Crippen molar-refractivity contribution >= 4 is 11.6 Å². The maximum Gasteiger partial charge on any atom is 0.242 e. The molecule has 1 heterocycles. The number of hydrogen-bond acceptors (Lipinski definition) is 2. The average molecular weight is 308 g/mol. The Balaban J connectivity index is 1.70. The van der Waals surface area contributed by atoms with Crippen molar-refractivity contribution in [3.63, 3.8) is 0 Å². The van der Waals surface area contributed by atoms with E-state index in [1.165, 1.54) is 16.8 Å². The van der Waals surface area contributed by atoms with Crippen LogP contribution in [0, 0.1) is 0 Å². The van der Waals surface area contributed by atoms with Gasteiger partial charge in [-0.05, 0) is 37.5 Å². The zero-order valence-electron chi connectivity index (χ0n) is 13.9. The van der Waals surface area contributed by atoms with Gasteiger partial charge in [-0.25, -0.2) is 0 Å². The highest BCUT2D eigenvalue weighted by molar-refractivity contribution is 5.82. The summed E-state index contributed by atoms with van der Waals surface area (Å²) in [4.78, 5) is 16.9. The number of anilines is 1. The number of hydrogen-bond donors (Lipinski definition) is 0. The number of fused-ring (bicyclic) bond motifs is 1. The second-order valence-corrected chi connectivity index (χ2v) is 6.20. The molecule has 1 unspecified atom stereocenters. The lowest BCUT2D eigenvalue weighted by Gasteiger charge is -2.28. The SMILES string of the molecule is CCN(Cc1ccccc1)C(=O)CN1c2ccccc2CC1C. The van der Waals surface area contributed by atoms with Crippen LogP contribution in [-0.4, -0.2) is 29.9 Å². The summed E-state index contributed by atoms with van der Waals surface area (Å²) < 4.78 is 0. The molecule has 0 spiro atoms. The molecule has 0 bridgehead atoms. The maximum atomic E-state index is 12.8. The molecule has 0 aromatic heterocycles. The van der Waals surface area contributed by atoms with Gasteiger partial charge in [0.2, 0.25) is 5.91 Å². The molecule has 2 aromatic rings. The molecule has 120 valence electrons. The Kier molecular flexibility index (Phi) is 4.65. The van der Waals surface area contributed by atoms with Crippen LogP contribution in [0.2, 0.25) is 0 Å². The van der Waals surface area contributed by atoms with Crippen LogP contribution in [0.5, 0.6) is 0 Å². The van der Waals surface area contributed by atoms with Crippen LogP contribution < -0.4 is 4.90 Å². The molecule has 0 radical (unpaired) electrons. The van der Waals surface area contributed by atoms with Gasteiger partial charge in [-0.15, -0.1) is 0 Å². The predicted octanol–water partition coefficient (Wildman–Crippen LogP) is 3.49. The lowest BCUT2D eigenvalue weighted by atomic mass is 10.1. The highest BCUT2D eigenvalue weighted by atomic mass is 16.2. The van der Waals surface area contributed by atoms with Crippen LogP contribution in [-0.2, 0) is 17.8 Å². The summed E-state index contributed by atoms with van der Waals surface area (Å²) in [6.07, 6.45) is 1.02. The average Bonchev–Trinajstić information content (AvgIpc) is 2.89. The van der Waals surface area contributed by atoms with Gasteiger partial charge in [0.05, 0.1) is 6.54 Å². The molecular formula is C20H24N2O. The van der Waals surface area contributed by atoms with Gasteiger partial charge in [0.1, 0.15) is 0 Å². The number of nitrogens with zero attached hydrogens (tertiary/aromatic N) is 2. The van der Waals surface area contributed by atoms with Crippen molar-refractivity contribution in [2.75, 3.05) is 18.0 Å². The number of benzene rings is 2. The van der Waals surface area contributed by atoms with Crippen LogP contribution in [0.4, 0.5) is 5.69 Å². The second kappa shape index (κ2) is 6.86. The van der Waals surface area contributed by atoms with Crippen LogP contribution in [0.15, 0.2) is 54.6 Å². The monoisotopic (exact) mass is 308 g/mol. The van der Waals surface area contributed by atoms with E-state index in [9.17, 15) is 4.79 Å². The number of carbonyl (C=O) groups is 1. The largest absolute Gasteiger partial charge is 0.359 e. The minimum atomic E-state index is 0.194. The molecule has 0 saturated carbocycles. The van der Waals surface area contributed by atoms with Gasteiger partial charge in [0.25, 0.3) is 0 Å². The van der Waals surface area contributed by atoms with E-state index >= 15 is 0 Å². The molecule has 0 fully saturated rings. The van der Waals surface area contributed by atoms with Gasteiger partial charge in [-0.3, -0.25) is 4.79 Å². The van der Waals surface area contributed by atoms with Crippen LogP contribution in [0.1, 0.15) is 25.0 Å². The summed E-state index contributed by atoms with van der Waals surface area (Å²) in [5.74, 6) is 0.194. The molecule has 3 nitrogen and oxygen atoms in total. The van der Waals surface area contributed by atoms with Gasteiger partial charge in [-0.2, -0.15) is 0 Å². The topological polar surface area (TPSA) is 23.6 Å². The zero-order chi connectivity index (χ0) is 16.2.